The van der Waals surface area contributed by atoms with Crippen LogP contribution in [0.4, 0.5) is 0 Å². The summed E-state index contributed by atoms with van der Waals surface area (Å²) in [5.74, 6) is 0.685. The number of hydrogen-bond acceptors (Lipinski definition) is 3. The Hall–Kier alpha value is -1.38. The Morgan fingerprint density at radius 2 is 2.23 bits per heavy atom. The summed E-state index contributed by atoms with van der Waals surface area (Å²) in [6, 6.07) is 3.60. The van der Waals surface area contributed by atoms with Crippen LogP contribution in [0, 0.1) is 0 Å². The van der Waals surface area contributed by atoms with Crippen LogP contribution in [-0.4, -0.2) is 11.6 Å². The predicted octanol–water partition coefficient (Wildman–Crippen LogP) is 1.76. The van der Waals surface area contributed by atoms with E-state index in [1.165, 1.54) is 6.92 Å². The van der Waals surface area contributed by atoms with Gasteiger partial charge in [-0.2, -0.15) is 0 Å². The normalized spacial score (nSPS) is 9.92. The second-order valence-electron chi connectivity index (χ2n) is 3.00. The number of carbonyl (C=O) groups excluding carboxylic acids is 2. The molecule has 0 bridgehead atoms. The summed E-state index contributed by atoms with van der Waals surface area (Å²) in [5.41, 5.74) is 0. The van der Waals surface area contributed by atoms with E-state index >= 15 is 0 Å². The van der Waals surface area contributed by atoms with Crippen molar-refractivity contribution in [1.29, 1.82) is 0 Å². The summed E-state index contributed by atoms with van der Waals surface area (Å²) in [4.78, 5) is 21.7. The summed E-state index contributed by atoms with van der Waals surface area (Å²) in [6.45, 7) is 1.42. The van der Waals surface area contributed by atoms with Gasteiger partial charge in [0.05, 0.1) is 12.7 Å². The molecule has 0 aliphatic carbocycles. The summed E-state index contributed by atoms with van der Waals surface area (Å²) >= 11 is 0. The van der Waals surface area contributed by atoms with E-state index in [0.717, 1.165) is 5.76 Å². The Morgan fingerprint density at radius 3 is 2.77 bits per heavy atom. The molecule has 0 aromatic carbocycles. The van der Waals surface area contributed by atoms with E-state index < -0.39 is 0 Å². The first-order valence-electron chi connectivity index (χ1n) is 4.22. The van der Waals surface area contributed by atoms with Gasteiger partial charge < -0.3 is 4.42 Å². The van der Waals surface area contributed by atoms with E-state index in [1.807, 2.05) is 6.07 Å². The monoisotopic (exact) mass is 180 g/mol. The first-order chi connectivity index (χ1) is 6.18. The number of carbonyl (C=O) groups is 2. The molecule has 0 radical (unpaired) electrons. The molecule has 0 saturated heterocycles. The minimum Gasteiger partial charge on any atom is -0.469 e. The molecule has 0 aliphatic rings. The van der Waals surface area contributed by atoms with Crippen molar-refractivity contribution < 1.29 is 14.0 Å². The first-order valence-corrected chi connectivity index (χ1v) is 4.22. The number of ketones is 2. The molecule has 0 fully saturated rings. The average molecular weight is 180 g/mol. The minimum atomic E-state index is -0.0792. The van der Waals surface area contributed by atoms with Crippen LogP contribution in [0.25, 0.3) is 0 Å². The minimum absolute atomic E-state index is 0.0242. The molecular formula is C10H12O3. The van der Waals surface area contributed by atoms with E-state index in [-0.39, 0.29) is 18.0 Å². The second kappa shape index (κ2) is 4.60. The average Bonchev–Trinajstić information content (AvgIpc) is 2.51. The van der Waals surface area contributed by atoms with E-state index in [2.05, 4.69) is 0 Å². The third-order valence-electron chi connectivity index (χ3n) is 1.68. The van der Waals surface area contributed by atoms with Gasteiger partial charge >= 0.3 is 0 Å². The van der Waals surface area contributed by atoms with Crippen LogP contribution in [0.15, 0.2) is 22.8 Å². The lowest BCUT2D eigenvalue weighted by Gasteiger charge is -1.95. The lowest BCUT2D eigenvalue weighted by molar-refractivity contribution is -0.125. The highest BCUT2D eigenvalue weighted by Crippen LogP contribution is 2.04. The summed E-state index contributed by atoms with van der Waals surface area (Å²) in [6.07, 6.45) is 2.58. The summed E-state index contributed by atoms with van der Waals surface area (Å²) in [7, 11) is 0. The fraction of sp³-hybridized carbons (Fsp3) is 0.400. The van der Waals surface area contributed by atoms with E-state index in [9.17, 15) is 9.59 Å². The Balaban J connectivity index is 2.27. The molecular weight excluding hydrogens is 168 g/mol. The maximum atomic E-state index is 11.1. The fourth-order valence-corrected chi connectivity index (χ4v) is 1.08. The van der Waals surface area contributed by atoms with E-state index in [0.29, 0.717) is 12.8 Å². The number of furan rings is 1. The lowest BCUT2D eigenvalue weighted by atomic mass is 10.1. The molecule has 0 spiro atoms. The van der Waals surface area contributed by atoms with Gasteiger partial charge in [0.15, 0.2) is 0 Å². The summed E-state index contributed by atoms with van der Waals surface area (Å²) < 4.78 is 5.05. The van der Waals surface area contributed by atoms with Crippen molar-refractivity contribution in [2.45, 2.75) is 26.2 Å². The quantitative estimate of drug-likeness (QED) is 0.648. The van der Waals surface area contributed by atoms with Gasteiger partial charge in [-0.05, 0) is 19.1 Å². The van der Waals surface area contributed by atoms with Crippen molar-refractivity contribution >= 4 is 11.6 Å². The highest BCUT2D eigenvalue weighted by atomic mass is 16.3. The van der Waals surface area contributed by atoms with Crippen LogP contribution in [-0.2, 0) is 16.0 Å². The van der Waals surface area contributed by atoms with Crippen molar-refractivity contribution in [1.82, 2.24) is 0 Å². The van der Waals surface area contributed by atoms with Gasteiger partial charge in [-0.1, -0.05) is 0 Å². The molecule has 3 heteroatoms. The van der Waals surface area contributed by atoms with Gasteiger partial charge in [-0.25, -0.2) is 0 Å². The zero-order chi connectivity index (χ0) is 9.68. The number of rotatable bonds is 5. The fourth-order valence-electron chi connectivity index (χ4n) is 1.08. The molecule has 0 saturated carbocycles. The maximum absolute atomic E-state index is 11.1. The Bertz CT molecular complexity index is 285. The molecule has 0 aliphatic heterocycles. The van der Waals surface area contributed by atoms with E-state index in [1.54, 1.807) is 12.3 Å². The SMILES string of the molecule is CC(=O)CC(=O)CCc1ccco1. The Morgan fingerprint density at radius 1 is 1.46 bits per heavy atom. The van der Waals surface area contributed by atoms with Crippen molar-refractivity contribution in [3.05, 3.63) is 24.2 Å². The molecule has 70 valence electrons. The number of Topliss-reactive ketones (excluding diaryl/α,β-unsaturated/α-hetero) is 2. The molecule has 1 aromatic rings. The standard InChI is InChI=1S/C10H12O3/c1-8(11)7-9(12)4-5-10-3-2-6-13-10/h2-3,6H,4-5,7H2,1H3. The molecule has 1 rings (SSSR count). The third-order valence-corrected chi connectivity index (χ3v) is 1.68. The smallest absolute Gasteiger partial charge is 0.140 e. The van der Waals surface area contributed by atoms with Crippen LogP contribution in [0.1, 0.15) is 25.5 Å². The second-order valence-corrected chi connectivity index (χ2v) is 3.00. The molecule has 1 heterocycles. The number of aryl methyl sites for hydroxylation is 1. The van der Waals surface area contributed by atoms with Crippen LogP contribution >= 0.6 is 0 Å². The van der Waals surface area contributed by atoms with Gasteiger partial charge in [0.1, 0.15) is 17.3 Å². The van der Waals surface area contributed by atoms with Crippen LogP contribution in [0.3, 0.4) is 0 Å². The zero-order valence-electron chi connectivity index (χ0n) is 7.58. The third kappa shape index (κ3) is 3.69. The van der Waals surface area contributed by atoms with Crippen LogP contribution in [0.5, 0.6) is 0 Å². The van der Waals surface area contributed by atoms with Crippen molar-refractivity contribution in [3.8, 4) is 0 Å². The lowest BCUT2D eigenvalue weighted by Crippen LogP contribution is -2.05. The largest absolute Gasteiger partial charge is 0.469 e. The molecule has 0 atom stereocenters. The van der Waals surface area contributed by atoms with Gasteiger partial charge in [0.2, 0.25) is 0 Å². The molecule has 0 amide bonds. The van der Waals surface area contributed by atoms with Crippen LogP contribution in [0.2, 0.25) is 0 Å². The summed E-state index contributed by atoms with van der Waals surface area (Å²) in [5, 5.41) is 0. The van der Waals surface area contributed by atoms with Crippen molar-refractivity contribution in [3.63, 3.8) is 0 Å². The highest BCUT2D eigenvalue weighted by molar-refractivity contribution is 5.97. The maximum Gasteiger partial charge on any atom is 0.140 e. The predicted molar refractivity (Wildman–Crippen MR) is 47.3 cm³/mol. The number of hydrogen-bond donors (Lipinski definition) is 0. The molecule has 0 N–H and O–H groups in total. The first kappa shape index (κ1) is 9.71. The van der Waals surface area contributed by atoms with Crippen molar-refractivity contribution in [2.24, 2.45) is 0 Å². The topological polar surface area (TPSA) is 47.3 Å². The van der Waals surface area contributed by atoms with Gasteiger partial charge in [0.25, 0.3) is 0 Å². The van der Waals surface area contributed by atoms with Gasteiger partial charge in [-0.3, -0.25) is 9.59 Å². The molecule has 0 unspecified atom stereocenters. The van der Waals surface area contributed by atoms with Gasteiger partial charge in [0, 0.05) is 12.8 Å². The molecule has 13 heavy (non-hydrogen) atoms. The highest BCUT2D eigenvalue weighted by Gasteiger charge is 2.06. The molecule has 3 nitrogen and oxygen atoms in total. The Labute approximate surface area is 76.7 Å². The molecule has 1 aromatic heterocycles. The zero-order valence-corrected chi connectivity index (χ0v) is 7.58. The van der Waals surface area contributed by atoms with Gasteiger partial charge in [-0.15, -0.1) is 0 Å². The Kier molecular flexibility index (Phi) is 3.43. The van der Waals surface area contributed by atoms with E-state index in [4.69, 9.17) is 4.42 Å². The van der Waals surface area contributed by atoms with Crippen molar-refractivity contribution in [2.75, 3.05) is 0 Å². The van der Waals surface area contributed by atoms with Crippen LogP contribution < -0.4 is 0 Å².